The van der Waals surface area contributed by atoms with Gasteiger partial charge in [0.25, 0.3) is 0 Å². The quantitative estimate of drug-likeness (QED) is 0.624. The molecule has 0 amide bonds. The van der Waals surface area contributed by atoms with Gasteiger partial charge in [0.1, 0.15) is 0 Å². The van der Waals surface area contributed by atoms with Crippen molar-refractivity contribution in [2.45, 2.75) is 25.8 Å². The Morgan fingerprint density at radius 1 is 1.25 bits per heavy atom. The lowest BCUT2D eigenvalue weighted by molar-refractivity contribution is 0.0226. The van der Waals surface area contributed by atoms with Crippen LogP contribution in [0, 0.1) is 5.92 Å². The highest BCUT2D eigenvalue weighted by Gasteiger charge is 2.41. The second kappa shape index (κ2) is 6.55. The molecule has 1 rings (SSSR count). The van der Waals surface area contributed by atoms with Crippen molar-refractivity contribution in [3.63, 3.8) is 0 Å². The molecule has 4 heteroatoms. The number of hydrogen-bond acceptors (Lipinski definition) is 4. The first-order valence-corrected chi connectivity index (χ1v) is 6.16. The third-order valence-corrected chi connectivity index (χ3v) is 3.38. The monoisotopic (exact) mass is 230 g/mol. The normalized spacial score (nSPS) is 20.1. The summed E-state index contributed by atoms with van der Waals surface area (Å²) in [5.74, 6) is 0.571. The number of methoxy groups -OCH3 is 1. The van der Waals surface area contributed by atoms with Crippen LogP contribution in [0.2, 0.25) is 0 Å². The van der Waals surface area contributed by atoms with Gasteiger partial charge >= 0.3 is 0 Å². The molecule has 1 heterocycles. The molecule has 0 aliphatic carbocycles. The summed E-state index contributed by atoms with van der Waals surface area (Å²) >= 11 is 0. The fourth-order valence-corrected chi connectivity index (χ4v) is 1.94. The van der Waals surface area contributed by atoms with Crippen LogP contribution >= 0.6 is 0 Å². The molecule has 0 aromatic carbocycles. The van der Waals surface area contributed by atoms with E-state index in [0.717, 1.165) is 32.7 Å². The van der Waals surface area contributed by atoms with Gasteiger partial charge in [-0.25, -0.2) is 0 Å². The van der Waals surface area contributed by atoms with E-state index in [1.54, 1.807) is 7.11 Å². The molecule has 16 heavy (non-hydrogen) atoms. The van der Waals surface area contributed by atoms with Crippen LogP contribution in [-0.4, -0.2) is 57.0 Å². The number of hydrogen-bond donors (Lipinski definition) is 1. The van der Waals surface area contributed by atoms with Crippen molar-refractivity contribution in [1.82, 2.24) is 4.90 Å². The molecular weight excluding hydrogens is 204 g/mol. The maximum absolute atomic E-state index is 6.22. The van der Waals surface area contributed by atoms with Crippen LogP contribution in [0.3, 0.4) is 0 Å². The zero-order valence-corrected chi connectivity index (χ0v) is 10.9. The average Bonchev–Trinajstić information content (AvgIpc) is 2.19. The summed E-state index contributed by atoms with van der Waals surface area (Å²) in [5.41, 5.74) is 6.27. The first-order valence-electron chi connectivity index (χ1n) is 6.16. The van der Waals surface area contributed by atoms with E-state index in [9.17, 15) is 0 Å². The Kier molecular flexibility index (Phi) is 5.69. The Hall–Kier alpha value is -0.160. The highest BCUT2D eigenvalue weighted by molar-refractivity contribution is 5.01. The SMILES string of the molecule is COCCOCCCN1CC(N)(C(C)C)C1. The predicted octanol–water partition coefficient (Wildman–Crippen LogP) is 0.709. The lowest BCUT2D eigenvalue weighted by Crippen LogP contribution is -2.69. The Balaban J connectivity index is 1.93. The molecule has 0 atom stereocenters. The summed E-state index contributed by atoms with van der Waals surface area (Å²) < 4.78 is 10.3. The van der Waals surface area contributed by atoms with Crippen molar-refractivity contribution in [3.05, 3.63) is 0 Å². The van der Waals surface area contributed by atoms with Crippen LogP contribution in [0.25, 0.3) is 0 Å². The van der Waals surface area contributed by atoms with Crippen LogP contribution in [0.4, 0.5) is 0 Å². The summed E-state index contributed by atoms with van der Waals surface area (Å²) in [4.78, 5) is 2.40. The van der Waals surface area contributed by atoms with E-state index in [-0.39, 0.29) is 5.54 Å². The summed E-state index contributed by atoms with van der Waals surface area (Å²) in [6.07, 6.45) is 1.08. The third kappa shape index (κ3) is 4.01. The van der Waals surface area contributed by atoms with E-state index < -0.39 is 0 Å². The Morgan fingerprint density at radius 3 is 2.50 bits per heavy atom. The highest BCUT2D eigenvalue weighted by Crippen LogP contribution is 2.25. The zero-order chi connectivity index (χ0) is 12.0. The summed E-state index contributed by atoms with van der Waals surface area (Å²) in [7, 11) is 1.69. The summed E-state index contributed by atoms with van der Waals surface area (Å²) in [6.45, 7) is 9.76. The highest BCUT2D eigenvalue weighted by atomic mass is 16.5. The molecule has 0 saturated carbocycles. The van der Waals surface area contributed by atoms with E-state index in [4.69, 9.17) is 15.2 Å². The first-order chi connectivity index (χ1) is 7.58. The molecule has 1 aliphatic heterocycles. The molecule has 0 unspecified atom stereocenters. The third-order valence-electron chi connectivity index (χ3n) is 3.38. The minimum absolute atomic E-state index is 0.0525. The number of rotatable bonds is 8. The lowest BCUT2D eigenvalue weighted by Gasteiger charge is -2.50. The molecule has 0 aromatic heterocycles. The fourth-order valence-electron chi connectivity index (χ4n) is 1.94. The van der Waals surface area contributed by atoms with Crippen LogP contribution in [0.1, 0.15) is 20.3 Å². The van der Waals surface area contributed by atoms with Gasteiger partial charge in [0.15, 0.2) is 0 Å². The van der Waals surface area contributed by atoms with Gasteiger partial charge in [-0.05, 0) is 12.3 Å². The number of ether oxygens (including phenoxy) is 2. The molecular formula is C12H26N2O2. The van der Waals surface area contributed by atoms with Crippen molar-refractivity contribution in [2.75, 3.05) is 46.6 Å². The van der Waals surface area contributed by atoms with Gasteiger partial charge in [-0.1, -0.05) is 13.8 Å². The average molecular weight is 230 g/mol. The lowest BCUT2D eigenvalue weighted by atomic mass is 9.80. The number of nitrogens with zero attached hydrogens (tertiary/aromatic N) is 1. The van der Waals surface area contributed by atoms with Crippen LogP contribution in [0.5, 0.6) is 0 Å². The Labute approximate surface area is 99.1 Å². The number of likely N-dealkylation sites (tertiary alicyclic amines) is 1. The molecule has 96 valence electrons. The van der Waals surface area contributed by atoms with E-state index in [2.05, 4.69) is 18.7 Å². The van der Waals surface area contributed by atoms with E-state index in [0.29, 0.717) is 19.1 Å². The van der Waals surface area contributed by atoms with Crippen LogP contribution in [-0.2, 0) is 9.47 Å². The molecule has 4 nitrogen and oxygen atoms in total. The minimum Gasteiger partial charge on any atom is -0.382 e. The van der Waals surface area contributed by atoms with Gasteiger partial charge < -0.3 is 15.2 Å². The van der Waals surface area contributed by atoms with Crippen molar-refractivity contribution in [2.24, 2.45) is 11.7 Å². The maximum Gasteiger partial charge on any atom is 0.0700 e. The second-order valence-electron chi connectivity index (χ2n) is 5.06. The molecule has 0 bridgehead atoms. The zero-order valence-electron chi connectivity index (χ0n) is 10.9. The summed E-state index contributed by atoms with van der Waals surface area (Å²) in [6, 6.07) is 0. The molecule has 0 spiro atoms. The van der Waals surface area contributed by atoms with Gasteiger partial charge in [-0.2, -0.15) is 0 Å². The molecule has 2 N–H and O–H groups in total. The van der Waals surface area contributed by atoms with E-state index in [1.807, 2.05) is 0 Å². The first kappa shape index (κ1) is 13.9. The Bertz CT molecular complexity index is 191. The molecule has 0 radical (unpaired) electrons. The summed E-state index contributed by atoms with van der Waals surface area (Å²) in [5, 5.41) is 0. The van der Waals surface area contributed by atoms with Gasteiger partial charge in [-0.15, -0.1) is 0 Å². The van der Waals surface area contributed by atoms with Crippen molar-refractivity contribution in [1.29, 1.82) is 0 Å². The maximum atomic E-state index is 6.22. The van der Waals surface area contributed by atoms with Crippen molar-refractivity contribution >= 4 is 0 Å². The largest absolute Gasteiger partial charge is 0.382 e. The standard InChI is InChI=1S/C12H26N2O2/c1-11(2)12(13)9-14(10-12)5-4-6-16-8-7-15-3/h11H,4-10,13H2,1-3H3. The van der Waals surface area contributed by atoms with Crippen LogP contribution in [0.15, 0.2) is 0 Å². The molecule has 1 fully saturated rings. The predicted molar refractivity (Wildman–Crippen MR) is 65.5 cm³/mol. The van der Waals surface area contributed by atoms with Crippen molar-refractivity contribution in [3.8, 4) is 0 Å². The van der Waals surface area contributed by atoms with E-state index in [1.165, 1.54) is 0 Å². The minimum atomic E-state index is 0.0525. The molecule has 0 aromatic rings. The smallest absolute Gasteiger partial charge is 0.0700 e. The Morgan fingerprint density at radius 2 is 1.94 bits per heavy atom. The van der Waals surface area contributed by atoms with Gasteiger partial charge in [0.05, 0.1) is 13.2 Å². The topological polar surface area (TPSA) is 47.7 Å². The number of nitrogens with two attached hydrogens (primary N) is 1. The van der Waals surface area contributed by atoms with Crippen molar-refractivity contribution < 1.29 is 9.47 Å². The van der Waals surface area contributed by atoms with Gasteiger partial charge in [0.2, 0.25) is 0 Å². The van der Waals surface area contributed by atoms with E-state index >= 15 is 0 Å². The second-order valence-corrected chi connectivity index (χ2v) is 5.06. The van der Waals surface area contributed by atoms with Crippen LogP contribution < -0.4 is 5.73 Å². The van der Waals surface area contributed by atoms with Gasteiger partial charge in [-0.3, -0.25) is 4.90 Å². The van der Waals surface area contributed by atoms with Gasteiger partial charge in [0, 0.05) is 38.9 Å². The molecule has 1 aliphatic rings. The molecule has 1 saturated heterocycles. The fraction of sp³-hybridized carbons (Fsp3) is 1.00.